The molecule has 0 aromatic heterocycles. The second-order valence-electron chi connectivity index (χ2n) is 6.93. The normalized spacial score (nSPS) is 17.7. The number of methoxy groups -OCH3 is 1. The number of hydrogen-bond donors (Lipinski definition) is 3. The quantitative estimate of drug-likeness (QED) is 0.351. The number of carbonyl (C=O) groups excluding carboxylic acids is 2. The van der Waals surface area contributed by atoms with Crippen molar-refractivity contribution >= 4 is 23.4 Å². The number of aliphatic hydroxyl groups is 1. The lowest BCUT2D eigenvalue weighted by molar-refractivity contribution is -0.140. The van der Waals surface area contributed by atoms with Crippen LogP contribution < -0.4 is 4.74 Å². The number of nitrogens with zero attached hydrogens (tertiary/aromatic N) is 1. The Bertz CT molecular complexity index is 1060. The number of carboxylic acid groups (broad SMARTS) is 1. The van der Waals surface area contributed by atoms with Crippen molar-refractivity contribution in [3.05, 3.63) is 65.0 Å². The van der Waals surface area contributed by atoms with Gasteiger partial charge in [-0.3, -0.25) is 14.4 Å². The van der Waals surface area contributed by atoms with Crippen molar-refractivity contribution in [3.63, 3.8) is 0 Å². The van der Waals surface area contributed by atoms with Crippen LogP contribution in [0.4, 0.5) is 4.39 Å². The van der Waals surface area contributed by atoms with Crippen LogP contribution in [0.15, 0.2) is 48.0 Å². The van der Waals surface area contributed by atoms with E-state index in [2.05, 4.69) is 0 Å². The zero-order chi connectivity index (χ0) is 22.7. The smallest absolute Gasteiger partial charge is 0.303 e. The van der Waals surface area contributed by atoms with E-state index in [-0.39, 0.29) is 42.0 Å². The second-order valence-corrected chi connectivity index (χ2v) is 6.93. The molecular weight excluding hydrogens is 409 g/mol. The van der Waals surface area contributed by atoms with Gasteiger partial charge in [-0.05, 0) is 48.4 Å². The topological polar surface area (TPSA) is 124 Å². The zero-order valence-corrected chi connectivity index (χ0v) is 16.5. The predicted molar refractivity (Wildman–Crippen MR) is 107 cm³/mol. The first-order valence-corrected chi connectivity index (χ1v) is 9.37. The molecule has 0 radical (unpaired) electrons. The Kier molecular flexibility index (Phi) is 6.24. The lowest BCUT2D eigenvalue weighted by atomic mass is 9.95. The number of hydrogen-bond acceptors (Lipinski definition) is 6. The number of amides is 1. The molecule has 1 fully saturated rings. The van der Waals surface area contributed by atoms with Crippen LogP contribution in [0, 0.1) is 5.82 Å². The minimum Gasteiger partial charge on any atom is -0.507 e. The van der Waals surface area contributed by atoms with Gasteiger partial charge in [-0.2, -0.15) is 0 Å². The van der Waals surface area contributed by atoms with Crippen LogP contribution in [0.3, 0.4) is 0 Å². The number of aliphatic hydroxyl groups excluding tert-OH is 1. The molecule has 9 heteroatoms. The van der Waals surface area contributed by atoms with E-state index in [1.807, 2.05) is 0 Å². The molecular formula is C22H20FNO7. The minimum atomic E-state index is -1.05. The molecule has 0 aliphatic carbocycles. The summed E-state index contributed by atoms with van der Waals surface area (Å²) in [6.45, 7) is -0.0507. The molecule has 0 saturated carbocycles. The molecule has 1 atom stereocenters. The van der Waals surface area contributed by atoms with Crippen molar-refractivity contribution in [1.29, 1.82) is 0 Å². The Morgan fingerprint density at radius 3 is 2.42 bits per heavy atom. The highest BCUT2D eigenvalue weighted by molar-refractivity contribution is 6.46. The molecule has 1 aliphatic heterocycles. The van der Waals surface area contributed by atoms with Crippen LogP contribution in [0.25, 0.3) is 5.76 Å². The van der Waals surface area contributed by atoms with E-state index in [4.69, 9.17) is 9.84 Å². The van der Waals surface area contributed by atoms with Crippen LogP contribution in [-0.2, 0) is 14.4 Å². The summed E-state index contributed by atoms with van der Waals surface area (Å²) in [5, 5.41) is 29.6. The molecule has 8 nitrogen and oxygen atoms in total. The van der Waals surface area contributed by atoms with E-state index < -0.39 is 35.3 Å². The number of likely N-dealkylation sites (tertiary alicyclic amines) is 1. The molecule has 31 heavy (non-hydrogen) atoms. The molecule has 3 rings (SSSR count). The highest BCUT2D eigenvalue weighted by Gasteiger charge is 2.46. The fourth-order valence-corrected chi connectivity index (χ4v) is 3.49. The van der Waals surface area contributed by atoms with Crippen LogP contribution in [0.1, 0.15) is 30.0 Å². The molecule has 2 aromatic rings. The van der Waals surface area contributed by atoms with Gasteiger partial charge in [0.2, 0.25) is 0 Å². The SMILES string of the molecule is COc1cc(C2/C(=C(/O)c3ccc(F)cc3)C(=O)C(=O)N2CCCC(=O)O)ccc1O. The van der Waals surface area contributed by atoms with Gasteiger partial charge in [0, 0.05) is 18.5 Å². The van der Waals surface area contributed by atoms with E-state index in [0.717, 1.165) is 12.1 Å². The number of carbonyl (C=O) groups is 3. The number of phenols is 1. The van der Waals surface area contributed by atoms with E-state index in [1.54, 1.807) is 0 Å². The third-order valence-corrected chi connectivity index (χ3v) is 4.97. The van der Waals surface area contributed by atoms with Gasteiger partial charge >= 0.3 is 5.97 Å². The summed E-state index contributed by atoms with van der Waals surface area (Å²) in [6, 6.07) is 7.93. The maximum absolute atomic E-state index is 13.3. The number of phenolic OH excluding ortho intramolecular Hbond substituents is 1. The summed E-state index contributed by atoms with van der Waals surface area (Å²) in [5.74, 6) is -3.99. The molecule has 1 heterocycles. The number of ketones is 1. The number of halogens is 1. The van der Waals surface area contributed by atoms with Gasteiger partial charge < -0.3 is 25.0 Å². The average Bonchev–Trinajstić information content (AvgIpc) is 2.99. The summed E-state index contributed by atoms with van der Waals surface area (Å²) in [6.07, 6.45) is -0.128. The van der Waals surface area contributed by atoms with E-state index in [9.17, 15) is 29.0 Å². The summed E-state index contributed by atoms with van der Waals surface area (Å²) >= 11 is 0. The first kappa shape index (κ1) is 21.8. The number of aliphatic carboxylic acids is 1. The van der Waals surface area contributed by atoms with E-state index in [1.165, 1.54) is 42.3 Å². The van der Waals surface area contributed by atoms with Gasteiger partial charge in [0.15, 0.2) is 11.5 Å². The Hall–Kier alpha value is -3.88. The van der Waals surface area contributed by atoms with Crippen LogP contribution >= 0.6 is 0 Å². The highest BCUT2D eigenvalue weighted by atomic mass is 19.1. The van der Waals surface area contributed by atoms with Gasteiger partial charge in [0.05, 0.1) is 18.7 Å². The van der Waals surface area contributed by atoms with Gasteiger partial charge in [-0.25, -0.2) is 4.39 Å². The number of benzene rings is 2. The van der Waals surface area contributed by atoms with E-state index >= 15 is 0 Å². The standard InChI is InChI=1S/C22H20FNO7/c1-31-16-11-13(6-9-15(16)25)19-18(20(28)12-4-7-14(23)8-5-12)21(29)22(30)24(19)10-2-3-17(26)27/h4-9,11,19,25,28H,2-3,10H2,1H3,(H,26,27)/b20-18-. The molecule has 162 valence electrons. The third kappa shape index (κ3) is 4.35. The van der Waals surface area contributed by atoms with Gasteiger partial charge in [-0.1, -0.05) is 6.07 Å². The Morgan fingerprint density at radius 2 is 1.81 bits per heavy atom. The molecule has 1 amide bonds. The van der Waals surface area contributed by atoms with Gasteiger partial charge in [-0.15, -0.1) is 0 Å². The molecule has 0 spiro atoms. The van der Waals surface area contributed by atoms with Crippen molar-refractivity contribution in [2.45, 2.75) is 18.9 Å². The summed E-state index contributed by atoms with van der Waals surface area (Å²) < 4.78 is 18.4. The van der Waals surface area contributed by atoms with Gasteiger partial charge in [0.1, 0.15) is 11.6 Å². The molecule has 3 N–H and O–H groups in total. The van der Waals surface area contributed by atoms with Crippen molar-refractivity contribution in [1.82, 2.24) is 4.90 Å². The first-order valence-electron chi connectivity index (χ1n) is 9.37. The van der Waals surface area contributed by atoms with Crippen LogP contribution in [0.2, 0.25) is 0 Å². The number of ether oxygens (including phenoxy) is 1. The minimum absolute atomic E-state index is 0.0507. The lowest BCUT2D eigenvalue weighted by Crippen LogP contribution is -2.31. The summed E-state index contributed by atoms with van der Waals surface area (Å²) in [5.41, 5.74) is 0.285. The summed E-state index contributed by atoms with van der Waals surface area (Å²) in [7, 11) is 1.33. The zero-order valence-electron chi connectivity index (χ0n) is 16.5. The first-order chi connectivity index (χ1) is 14.7. The van der Waals surface area contributed by atoms with Crippen LogP contribution in [0.5, 0.6) is 11.5 Å². The summed E-state index contributed by atoms with van der Waals surface area (Å²) in [4.78, 5) is 37.6. The number of rotatable bonds is 7. The second kappa shape index (κ2) is 8.86. The molecule has 0 bridgehead atoms. The van der Waals surface area contributed by atoms with Gasteiger partial charge in [0.25, 0.3) is 11.7 Å². The average molecular weight is 429 g/mol. The number of aromatic hydroxyl groups is 1. The fourth-order valence-electron chi connectivity index (χ4n) is 3.49. The van der Waals surface area contributed by atoms with Crippen molar-refractivity contribution in [2.75, 3.05) is 13.7 Å². The highest BCUT2D eigenvalue weighted by Crippen LogP contribution is 2.41. The maximum atomic E-state index is 13.3. The predicted octanol–water partition coefficient (Wildman–Crippen LogP) is 2.83. The Balaban J connectivity index is 2.14. The Morgan fingerprint density at radius 1 is 1.13 bits per heavy atom. The van der Waals surface area contributed by atoms with Crippen molar-refractivity contribution in [3.8, 4) is 11.5 Å². The molecule has 1 unspecified atom stereocenters. The monoisotopic (exact) mass is 429 g/mol. The molecule has 2 aromatic carbocycles. The van der Waals surface area contributed by atoms with Crippen molar-refractivity contribution in [2.24, 2.45) is 0 Å². The third-order valence-electron chi connectivity index (χ3n) is 4.97. The fraction of sp³-hybridized carbons (Fsp3) is 0.227. The number of Topliss-reactive ketones (excluding diaryl/α,β-unsaturated/α-hetero) is 1. The largest absolute Gasteiger partial charge is 0.507 e. The van der Waals surface area contributed by atoms with Crippen LogP contribution in [-0.4, -0.2) is 51.5 Å². The number of carboxylic acids is 1. The maximum Gasteiger partial charge on any atom is 0.303 e. The Labute approximate surface area is 176 Å². The lowest BCUT2D eigenvalue weighted by Gasteiger charge is -2.25. The molecule has 1 saturated heterocycles. The van der Waals surface area contributed by atoms with E-state index in [0.29, 0.717) is 5.56 Å². The molecule has 1 aliphatic rings. The van der Waals surface area contributed by atoms with Crippen molar-refractivity contribution < 1.29 is 38.8 Å².